The van der Waals surface area contributed by atoms with Crippen LogP contribution in [0.15, 0.2) is 54.6 Å². The molecule has 2 aliphatic heterocycles. The van der Waals surface area contributed by atoms with E-state index in [-0.39, 0.29) is 37.5 Å². The zero-order valence-corrected chi connectivity index (χ0v) is 24.6. The molecule has 0 aliphatic carbocycles. The average Bonchev–Trinajstić information content (AvgIpc) is 3.50. The molecule has 2 aromatic carbocycles. The molecule has 4 rings (SSSR count). The van der Waals surface area contributed by atoms with E-state index in [4.69, 9.17) is 0 Å². The highest BCUT2D eigenvalue weighted by Crippen LogP contribution is 2.22. The molecule has 2 fully saturated rings. The molecule has 0 spiro atoms. The van der Waals surface area contributed by atoms with E-state index >= 15 is 0 Å². The molecule has 2 saturated heterocycles. The maximum atomic E-state index is 13.9. The standard InChI is InChI=1S/C32H39N5O6/c1-3-32(2)31(43)35-25(20-21-14-16-22(17-15-21)27(39)33-23-10-5-4-6-11-23)30(42)37-18-9-13-26(37)29(41)34-24(28(40)36-32)12-7-8-19-38/h4-6,10-11,14-17,19,24-26H,3,7-9,12-13,18,20H2,1-2H3,(H,33,39)(H,34,41)(H,35,43)(H,36,40)/t24-,25-,26+,32-/m0/s1. The Morgan fingerprint density at radius 3 is 2.40 bits per heavy atom. The van der Waals surface area contributed by atoms with Gasteiger partial charge in [-0.2, -0.15) is 0 Å². The van der Waals surface area contributed by atoms with Crippen LogP contribution in [0.3, 0.4) is 0 Å². The highest BCUT2D eigenvalue weighted by molar-refractivity contribution is 6.04. The summed E-state index contributed by atoms with van der Waals surface area (Å²) >= 11 is 0. The number of aldehydes is 1. The third-order valence-corrected chi connectivity index (χ3v) is 8.18. The number of nitrogens with one attached hydrogen (secondary N) is 4. The lowest BCUT2D eigenvalue weighted by Gasteiger charge is -2.35. The summed E-state index contributed by atoms with van der Waals surface area (Å²) in [4.78, 5) is 79.2. The summed E-state index contributed by atoms with van der Waals surface area (Å²) < 4.78 is 0. The molecule has 0 bridgehead atoms. The number of hydrogen-bond donors (Lipinski definition) is 4. The first kappa shape index (κ1) is 31.4. The highest BCUT2D eigenvalue weighted by Gasteiger charge is 2.43. The number of anilines is 1. The molecule has 0 aromatic heterocycles. The van der Waals surface area contributed by atoms with Crippen LogP contribution >= 0.6 is 0 Å². The number of nitrogens with zero attached hydrogens (tertiary/aromatic N) is 1. The van der Waals surface area contributed by atoms with E-state index < -0.39 is 41.4 Å². The molecule has 4 N–H and O–H groups in total. The van der Waals surface area contributed by atoms with Crippen LogP contribution in [0.1, 0.15) is 68.3 Å². The van der Waals surface area contributed by atoms with Gasteiger partial charge in [-0.15, -0.1) is 0 Å². The van der Waals surface area contributed by atoms with Crippen LogP contribution in [0.2, 0.25) is 0 Å². The van der Waals surface area contributed by atoms with Crippen molar-refractivity contribution in [1.29, 1.82) is 0 Å². The fourth-order valence-electron chi connectivity index (χ4n) is 5.38. The van der Waals surface area contributed by atoms with Crippen LogP contribution in [0.5, 0.6) is 0 Å². The van der Waals surface area contributed by atoms with Crippen LogP contribution in [0.4, 0.5) is 5.69 Å². The molecule has 11 nitrogen and oxygen atoms in total. The lowest BCUT2D eigenvalue weighted by atomic mass is 9.94. The van der Waals surface area contributed by atoms with Gasteiger partial charge in [0.2, 0.25) is 23.6 Å². The van der Waals surface area contributed by atoms with Crippen LogP contribution < -0.4 is 21.3 Å². The molecule has 5 amide bonds. The van der Waals surface area contributed by atoms with E-state index in [1.807, 2.05) is 18.2 Å². The predicted molar refractivity (Wildman–Crippen MR) is 160 cm³/mol. The Morgan fingerprint density at radius 2 is 1.72 bits per heavy atom. The number of benzene rings is 2. The zero-order chi connectivity index (χ0) is 31.0. The first-order valence-corrected chi connectivity index (χ1v) is 14.8. The van der Waals surface area contributed by atoms with Crippen molar-refractivity contribution in [2.24, 2.45) is 0 Å². The molecule has 2 aromatic rings. The van der Waals surface area contributed by atoms with E-state index in [2.05, 4.69) is 21.3 Å². The molecular weight excluding hydrogens is 550 g/mol. The minimum atomic E-state index is -1.35. The maximum absolute atomic E-state index is 13.9. The number of unbranched alkanes of at least 4 members (excludes halogenated alkanes) is 1. The minimum Gasteiger partial charge on any atom is -0.343 e. The van der Waals surface area contributed by atoms with Crippen LogP contribution in [-0.2, 0) is 30.4 Å². The van der Waals surface area contributed by atoms with Gasteiger partial charge in [0, 0.05) is 30.6 Å². The summed E-state index contributed by atoms with van der Waals surface area (Å²) in [6, 6.07) is 13.1. The Kier molecular flexibility index (Phi) is 10.3. The van der Waals surface area contributed by atoms with Gasteiger partial charge in [0.1, 0.15) is 30.0 Å². The van der Waals surface area contributed by atoms with Crippen molar-refractivity contribution >= 4 is 41.5 Å². The summed E-state index contributed by atoms with van der Waals surface area (Å²) in [5, 5.41) is 11.3. The lowest BCUT2D eigenvalue weighted by molar-refractivity contribution is -0.144. The van der Waals surface area contributed by atoms with Crippen LogP contribution in [-0.4, -0.2) is 70.9 Å². The van der Waals surface area contributed by atoms with Gasteiger partial charge in [-0.25, -0.2) is 0 Å². The summed E-state index contributed by atoms with van der Waals surface area (Å²) in [7, 11) is 0. The van der Waals surface area contributed by atoms with Gasteiger partial charge in [-0.1, -0.05) is 37.3 Å². The number of rotatable bonds is 9. The quantitative estimate of drug-likeness (QED) is 0.260. The second kappa shape index (κ2) is 14.1. The summed E-state index contributed by atoms with van der Waals surface area (Å²) in [5.74, 6) is -2.14. The summed E-state index contributed by atoms with van der Waals surface area (Å²) in [6.07, 6.45) is 2.99. The van der Waals surface area contributed by atoms with E-state index in [0.29, 0.717) is 42.6 Å². The lowest BCUT2D eigenvalue weighted by Crippen LogP contribution is -2.65. The molecule has 2 heterocycles. The topological polar surface area (TPSA) is 154 Å². The van der Waals surface area contributed by atoms with Gasteiger partial charge in [-0.05, 0) is 68.9 Å². The Labute approximate surface area is 251 Å². The van der Waals surface area contributed by atoms with Gasteiger partial charge in [0.15, 0.2) is 0 Å². The van der Waals surface area contributed by atoms with Crippen molar-refractivity contribution < 1.29 is 28.8 Å². The first-order chi connectivity index (χ1) is 20.6. The minimum absolute atomic E-state index is 0.123. The van der Waals surface area contributed by atoms with Gasteiger partial charge in [0.25, 0.3) is 5.91 Å². The normalized spacial score (nSPS) is 24.5. The first-order valence-electron chi connectivity index (χ1n) is 14.8. The smallest absolute Gasteiger partial charge is 0.255 e. The Balaban J connectivity index is 1.57. The van der Waals surface area contributed by atoms with Crippen molar-refractivity contribution in [2.75, 3.05) is 11.9 Å². The van der Waals surface area contributed by atoms with Gasteiger partial charge in [-0.3, -0.25) is 24.0 Å². The zero-order valence-electron chi connectivity index (χ0n) is 24.6. The van der Waals surface area contributed by atoms with E-state index in [1.54, 1.807) is 50.2 Å². The van der Waals surface area contributed by atoms with E-state index in [0.717, 1.165) is 6.29 Å². The van der Waals surface area contributed by atoms with Crippen molar-refractivity contribution in [3.05, 3.63) is 65.7 Å². The molecule has 43 heavy (non-hydrogen) atoms. The van der Waals surface area contributed by atoms with Gasteiger partial charge in [0.05, 0.1) is 0 Å². The molecule has 2 aliphatic rings. The third kappa shape index (κ3) is 7.65. The fourth-order valence-corrected chi connectivity index (χ4v) is 5.38. The monoisotopic (exact) mass is 589 g/mol. The molecule has 0 radical (unpaired) electrons. The molecule has 0 unspecified atom stereocenters. The number of para-hydroxylation sites is 1. The largest absolute Gasteiger partial charge is 0.343 e. The van der Waals surface area contributed by atoms with Gasteiger partial charge >= 0.3 is 0 Å². The van der Waals surface area contributed by atoms with E-state index in [1.165, 1.54) is 4.90 Å². The van der Waals surface area contributed by atoms with Gasteiger partial charge < -0.3 is 31.0 Å². The summed E-state index contributed by atoms with van der Waals surface area (Å²) in [5.41, 5.74) is 0.453. The predicted octanol–water partition coefficient (Wildman–Crippen LogP) is 2.11. The van der Waals surface area contributed by atoms with Crippen molar-refractivity contribution in [3.8, 4) is 0 Å². The van der Waals surface area contributed by atoms with Crippen molar-refractivity contribution in [2.45, 2.75) is 82.5 Å². The molecular formula is C32H39N5O6. The molecule has 11 heteroatoms. The number of amides is 5. The average molecular weight is 590 g/mol. The highest BCUT2D eigenvalue weighted by atomic mass is 16.2. The van der Waals surface area contributed by atoms with Crippen molar-refractivity contribution in [1.82, 2.24) is 20.9 Å². The number of fused-ring (bicyclic) bond motifs is 1. The van der Waals surface area contributed by atoms with E-state index in [9.17, 15) is 28.8 Å². The summed E-state index contributed by atoms with van der Waals surface area (Å²) in [6.45, 7) is 3.67. The molecule has 0 saturated carbocycles. The Bertz CT molecular complexity index is 1350. The second-order valence-electron chi connectivity index (χ2n) is 11.3. The van der Waals surface area contributed by atoms with Crippen molar-refractivity contribution in [3.63, 3.8) is 0 Å². The third-order valence-electron chi connectivity index (χ3n) is 8.18. The van der Waals surface area contributed by atoms with Crippen LogP contribution in [0, 0.1) is 0 Å². The number of carbonyl (C=O) groups excluding carboxylic acids is 6. The molecule has 4 atom stereocenters. The van der Waals surface area contributed by atoms with Crippen LogP contribution in [0.25, 0.3) is 0 Å². The Hall–Kier alpha value is -4.54. The SMILES string of the molecule is CC[C@]1(C)NC(=O)[C@H](CCCC=O)NC(=O)[C@H]2CCCN2C(=O)[C@H](Cc2ccc(C(=O)Nc3ccccc3)cc2)NC1=O. The maximum Gasteiger partial charge on any atom is 0.255 e. The molecule has 228 valence electrons. The second-order valence-corrected chi connectivity index (χ2v) is 11.3. The Morgan fingerprint density at radius 1 is 1.00 bits per heavy atom. The fraction of sp³-hybridized carbons (Fsp3) is 0.438. The number of hydrogen-bond acceptors (Lipinski definition) is 6. The number of carbonyl (C=O) groups is 6.